The highest BCUT2D eigenvalue weighted by Gasteiger charge is 2.12. The Bertz CT molecular complexity index is 707. The molecule has 0 radical (unpaired) electrons. The van der Waals surface area contributed by atoms with Crippen molar-refractivity contribution in [1.29, 1.82) is 0 Å². The summed E-state index contributed by atoms with van der Waals surface area (Å²) in [7, 11) is 4.64. The number of benzene rings is 1. The van der Waals surface area contributed by atoms with Gasteiger partial charge in [-0.3, -0.25) is 4.79 Å². The first-order valence-corrected chi connectivity index (χ1v) is 7.67. The molecule has 1 aromatic heterocycles. The van der Waals surface area contributed by atoms with E-state index < -0.39 is 0 Å². The normalized spacial score (nSPS) is 10.5. The van der Waals surface area contributed by atoms with E-state index in [0.717, 1.165) is 11.1 Å². The summed E-state index contributed by atoms with van der Waals surface area (Å²) in [5.74, 6) is 1.39. The average Bonchev–Trinajstić information content (AvgIpc) is 2.66. The number of nitrogens with zero attached hydrogens (tertiary/aromatic N) is 2. The van der Waals surface area contributed by atoms with Gasteiger partial charge in [0.05, 0.1) is 21.3 Å². The van der Waals surface area contributed by atoms with E-state index in [1.807, 2.05) is 0 Å². The molecule has 0 atom stereocenters. The predicted molar refractivity (Wildman–Crippen MR) is 93.9 cm³/mol. The molecule has 0 fully saturated rings. The van der Waals surface area contributed by atoms with Crippen molar-refractivity contribution in [3.8, 4) is 17.2 Å². The Morgan fingerprint density at radius 2 is 1.72 bits per heavy atom. The van der Waals surface area contributed by atoms with Crippen molar-refractivity contribution < 1.29 is 19.0 Å². The van der Waals surface area contributed by atoms with Gasteiger partial charge >= 0.3 is 0 Å². The summed E-state index contributed by atoms with van der Waals surface area (Å²) in [6, 6.07) is 3.54. The lowest BCUT2D eigenvalue weighted by Crippen LogP contribution is -2.23. The molecular formula is C18H21N3O4. The van der Waals surface area contributed by atoms with Crippen molar-refractivity contribution in [2.45, 2.75) is 6.42 Å². The molecule has 7 heteroatoms. The summed E-state index contributed by atoms with van der Waals surface area (Å²) >= 11 is 0. The SMILES string of the molecule is COc1cc(C=CC(=O)NCCc2cncnc2)cc(OC)c1OC. The summed E-state index contributed by atoms with van der Waals surface area (Å²) in [4.78, 5) is 19.8. The van der Waals surface area contributed by atoms with Crippen molar-refractivity contribution in [1.82, 2.24) is 15.3 Å². The number of amides is 1. The number of rotatable bonds is 8. The Morgan fingerprint density at radius 1 is 1.08 bits per heavy atom. The lowest BCUT2D eigenvalue weighted by Gasteiger charge is -2.12. The largest absolute Gasteiger partial charge is 0.493 e. The van der Waals surface area contributed by atoms with E-state index in [1.165, 1.54) is 12.4 Å². The molecule has 25 heavy (non-hydrogen) atoms. The Labute approximate surface area is 146 Å². The molecule has 0 unspecified atom stereocenters. The minimum absolute atomic E-state index is 0.189. The second kappa shape index (κ2) is 9.27. The van der Waals surface area contributed by atoms with Gasteiger partial charge in [-0.25, -0.2) is 9.97 Å². The molecular weight excluding hydrogens is 322 g/mol. The van der Waals surface area contributed by atoms with Gasteiger partial charge < -0.3 is 19.5 Å². The van der Waals surface area contributed by atoms with Crippen molar-refractivity contribution in [3.63, 3.8) is 0 Å². The second-order valence-corrected chi connectivity index (χ2v) is 5.08. The molecule has 1 amide bonds. The summed E-state index contributed by atoms with van der Waals surface area (Å²) < 4.78 is 15.8. The maximum Gasteiger partial charge on any atom is 0.244 e. The van der Waals surface area contributed by atoms with Gasteiger partial charge in [0.25, 0.3) is 0 Å². The Kier molecular flexibility index (Phi) is 6.76. The number of aromatic nitrogens is 2. The van der Waals surface area contributed by atoms with Gasteiger partial charge in [-0.05, 0) is 35.8 Å². The smallest absolute Gasteiger partial charge is 0.244 e. The van der Waals surface area contributed by atoms with E-state index in [2.05, 4.69) is 15.3 Å². The maximum absolute atomic E-state index is 11.9. The van der Waals surface area contributed by atoms with Crippen LogP contribution in [-0.4, -0.2) is 43.7 Å². The number of carbonyl (C=O) groups excluding carboxylic acids is 1. The minimum Gasteiger partial charge on any atom is -0.493 e. The monoisotopic (exact) mass is 343 g/mol. The number of ether oxygens (including phenoxy) is 3. The number of carbonyl (C=O) groups is 1. The molecule has 1 N–H and O–H groups in total. The minimum atomic E-state index is -0.189. The average molecular weight is 343 g/mol. The molecule has 0 aliphatic heterocycles. The summed E-state index contributed by atoms with van der Waals surface area (Å²) in [5, 5.41) is 2.81. The number of hydrogen-bond acceptors (Lipinski definition) is 6. The molecule has 1 aromatic carbocycles. The van der Waals surface area contributed by atoms with E-state index in [4.69, 9.17) is 14.2 Å². The Morgan fingerprint density at radius 3 is 2.28 bits per heavy atom. The van der Waals surface area contributed by atoms with Gasteiger partial charge in [0, 0.05) is 25.0 Å². The van der Waals surface area contributed by atoms with Crippen molar-refractivity contribution >= 4 is 12.0 Å². The van der Waals surface area contributed by atoms with Crippen molar-refractivity contribution in [2.75, 3.05) is 27.9 Å². The van der Waals surface area contributed by atoms with Gasteiger partial charge in [-0.2, -0.15) is 0 Å². The van der Waals surface area contributed by atoms with Crippen LogP contribution in [0.5, 0.6) is 17.2 Å². The quantitative estimate of drug-likeness (QED) is 0.737. The van der Waals surface area contributed by atoms with Crippen molar-refractivity contribution in [3.05, 3.63) is 48.1 Å². The van der Waals surface area contributed by atoms with Crippen LogP contribution in [-0.2, 0) is 11.2 Å². The molecule has 0 saturated carbocycles. The van der Waals surface area contributed by atoms with Crippen LogP contribution in [0.25, 0.3) is 6.08 Å². The van der Waals surface area contributed by atoms with Crippen LogP contribution in [0.1, 0.15) is 11.1 Å². The molecule has 132 valence electrons. The molecule has 0 spiro atoms. The molecule has 7 nitrogen and oxygen atoms in total. The van der Waals surface area contributed by atoms with Crippen LogP contribution < -0.4 is 19.5 Å². The zero-order chi connectivity index (χ0) is 18.1. The van der Waals surface area contributed by atoms with Crippen LogP contribution in [0, 0.1) is 0 Å². The van der Waals surface area contributed by atoms with Crippen LogP contribution in [0.2, 0.25) is 0 Å². The third-order valence-corrected chi connectivity index (χ3v) is 3.44. The molecule has 2 aromatic rings. The highest BCUT2D eigenvalue weighted by Crippen LogP contribution is 2.38. The molecule has 0 aliphatic rings. The van der Waals surface area contributed by atoms with Gasteiger partial charge in [0.2, 0.25) is 11.7 Å². The third kappa shape index (κ3) is 5.20. The van der Waals surface area contributed by atoms with Crippen LogP contribution in [0.4, 0.5) is 0 Å². The summed E-state index contributed by atoms with van der Waals surface area (Å²) in [6.07, 6.45) is 8.75. The van der Waals surface area contributed by atoms with Gasteiger partial charge in [-0.15, -0.1) is 0 Å². The first kappa shape index (κ1) is 18.3. The number of methoxy groups -OCH3 is 3. The first-order valence-electron chi connectivity index (χ1n) is 7.67. The molecule has 2 rings (SSSR count). The number of nitrogens with one attached hydrogen (secondary N) is 1. The highest BCUT2D eigenvalue weighted by atomic mass is 16.5. The lowest BCUT2D eigenvalue weighted by atomic mass is 10.1. The van der Waals surface area contributed by atoms with E-state index in [-0.39, 0.29) is 5.91 Å². The second-order valence-electron chi connectivity index (χ2n) is 5.08. The Balaban J connectivity index is 1.97. The summed E-state index contributed by atoms with van der Waals surface area (Å²) in [5.41, 5.74) is 1.73. The first-order chi connectivity index (χ1) is 12.2. The highest BCUT2D eigenvalue weighted by molar-refractivity contribution is 5.91. The van der Waals surface area contributed by atoms with Crippen LogP contribution in [0.15, 0.2) is 36.9 Å². The van der Waals surface area contributed by atoms with E-state index >= 15 is 0 Å². The van der Waals surface area contributed by atoms with Gasteiger partial charge in [-0.1, -0.05) is 0 Å². The van der Waals surface area contributed by atoms with Gasteiger partial charge in [0.1, 0.15) is 6.33 Å². The topological polar surface area (TPSA) is 82.6 Å². The fourth-order valence-electron chi connectivity index (χ4n) is 2.22. The van der Waals surface area contributed by atoms with Gasteiger partial charge in [0.15, 0.2) is 11.5 Å². The van der Waals surface area contributed by atoms with Crippen LogP contribution >= 0.6 is 0 Å². The summed E-state index contributed by atoms with van der Waals surface area (Å²) in [6.45, 7) is 0.506. The standard InChI is InChI=1S/C18H21N3O4/c1-23-15-8-13(9-16(24-2)18(15)25-3)4-5-17(22)21-7-6-14-10-19-12-20-11-14/h4-5,8-12H,6-7H2,1-3H3,(H,21,22). The number of hydrogen-bond donors (Lipinski definition) is 1. The molecule has 0 bridgehead atoms. The van der Waals surface area contributed by atoms with E-state index in [9.17, 15) is 4.79 Å². The zero-order valence-electron chi connectivity index (χ0n) is 14.5. The van der Waals surface area contributed by atoms with Crippen LogP contribution in [0.3, 0.4) is 0 Å². The predicted octanol–water partition coefficient (Wildman–Crippen LogP) is 1.87. The fourth-order valence-corrected chi connectivity index (χ4v) is 2.22. The molecule has 1 heterocycles. The lowest BCUT2D eigenvalue weighted by molar-refractivity contribution is -0.116. The third-order valence-electron chi connectivity index (χ3n) is 3.44. The Hall–Kier alpha value is -3.09. The molecule has 0 saturated heterocycles. The zero-order valence-corrected chi connectivity index (χ0v) is 14.5. The van der Waals surface area contributed by atoms with Crippen molar-refractivity contribution in [2.24, 2.45) is 0 Å². The maximum atomic E-state index is 11.9. The van der Waals surface area contributed by atoms with E-state index in [0.29, 0.717) is 30.2 Å². The fraction of sp³-hybridized carbons (Fsp3) is 0.278. The molecule has 0 aliphatic carbocycles. The van der Waals surface area contributed by atoms with E-state index in [1.54, 1.807) is 51.9 Å².